The van der Waals surface area contributed by atoms with E-state index < -0.39 is 5.97 Å². The number of carbonyl (C=O) groups is 2. The van der Waals surface area contributed by atoms with Crippen LogP contribution in [0.15, 0.2) is 47.7 Å². The Morgan fingerprint density at radius 1 is 0.857 bits per heavy atom. The second-order valence-corrected chi connectivity index (χ2v) is 7.38. The third-order valence-electron chi connectivity index (χ3n) is 4.79. The molecule has 0 saturated heterocycles. The molecule has 1 amide bonds. The van der Waals surface area contributed by atoms with E-state index in [1.54, 1.807) is 24.3 Å². The highest BCUT2D eigenvalue weighted by atomic mass is 16.5. The highest BCUT2D eigenvalue weighted by Gasteiger charge is 2.12. The first kappa shape index (κ1) is 27.9. The molecule has 0 bridgehead atoms. The number of carboxylic acids is 1. The summed E-state index contributed by atoms with van der Waals surface area (Å²) in [6.45, 7) is 4.27. The number of aromatic carboxylic acids is 1. The van der Waals surface area contributed by atoms with Crippen molar-refractivity contribution in [1.29, 1.82) is 0 Å². The van der Waals surface area contributed by atoms with Crippen LogP contribution in [0.3, 0.4) is 0 Å². The second kappa shape index (κ2) is 16.3. The number of aromatic nitrogens is 1. The number of hydrogen-bond acceptors (Lipinski definition) is 9. The molecule has 1 heterocycles. The molecule has 0 saturated carbocycles. The van der Waals surface area contributed by atoms with Crippen LogP contribution in [0.25, 0.3) is 0 Å². The molecule has 1 aromatic heterocycles. The van der Waals surface area contributed by atoms with Crippen LogP contribution in [0, 0.1) is 0 Å². The maximum Gasteiger partial charge on any atom is 0.335 e. The molecule has 35 heavy (non-hydrogen) atoms. The van der Waals surface area contributed by atoms with Crippen molar-refractivity contribution in [3.63, 3.8) is 0 Å². The number of ether oxygens (including phenoxy) is 3. The number of pyridine rings is 1. The maximum absolute atomic E-state index is 12.3. The Morgan fingerprint density at radius 3 is 1.97 bits per heavy atom. The van der Waals surface area contributed by atoms with Gasteiger partial charge in [-0.3, -0.25) is 9.78 Å². The van der Waals surface area contributed by atoms with E-state index >= 15 is 0 Å². The lowest BCUT2D eigenvalue weighted by Gasteiger charge is -2.08. The Kier molecular flexibility index (Phi) is 13.0. The molecular formula is C24H33N5O6. The van der Waals surface area contributed by atoms with E-state index in [1.807, 2.05) is 0 Å². The summed E-state index contributed by atoms with van der Waals surface area (Å²) in [6, 6.07) is 9.39. The molecule has 190 valence electrons. The number of nitrogens with two attached hydrogens (primary N) is 2. The average Bonchev–Trinajstić information content (AvgIpc) is 2.88. The molecule has 1 aromatic carbocycles. The van der Waals surface area contributed by atoms with Gasteiger partial charge in [0.25, 0.3) is 5.91 Å². The lowest BCUT2D eigenvalue weighted by Crippen LogP contribution is -2.25. The van der Waals surface area contributed by atoms with E-state index in [-0.39, 0.29) is 11.5 Å². The molecule has 0 aliphatic carbocycles. The molecule has 11 nitrogen and oxygen atoms in total. The van der Waals surface area contributed by atoms with E-state index in [9.17, 15) is 9.59 Å². The first-order valence-corrected chi connectivity index (χ1v) is 11.4. The zero-order chi connectivity index (χ0) is 25.3. The Hall–Kier alpha value is -3.38. The van der Waals surface area contributed by atoms with Crippen LogP contribution in [-0.2, 0) is 14.2 Å². The number of hydrazone groups is 1. The van der Waals surface area contributed by atoms with Gasteiger partial charge in [0.15, 0.2) is 0 Å². The number of benzene rings is 1. The Morgan fingerprint density at radius 2 is 1.43 bits per heavy atom. The van der Waals surface area contributed by atoms with Gasteiger partial charge in [0.1, 0.15) is 5.71 Å². The van der Waals surface area contributed by atoms with Crippen LogP contribution in [-0.4, -0.2) is 80.4 Å². The van der Waals surface area contributed by atoms with Crippen LogP contribution in [0.2, 0.25) is 0 Å². The summed E-state index contributed by atoms with van der Waals surface area (Å²) < 4.78 is 16.2. The van der Waals surface area contributed by atoms with Gasteiger partial charge in [-0.1, -0.05) is 12.1 Å². The molecule has 0 aliphatic heterocycles. The van der Waals surface area contributed by atoms with Gasteiger partial charge >= 0.3 is 5.97 Å². The molecular weight excluding hydrogens is 454 g/mol. The lowest BCUT2D eigenvalue weighted by molar-refractivity contribution is 0.0141. The fourth-order valence-electron chi connectivity index (χ4n) is 2.93. The molecule has 6 N–H and O–H groups in total. The zero-order valence-electron chi connectivity index (χ0n) is 19.7. The van der Waals surface area contributed by atoms with E-state index in [0.717, 1.165) is 6.42 Å². The molecule has 2 aromatic rings. The van der Waals surface area contributed by atoms with Gasteiger partial charge in [0.2, 0.25) is 0 Å². The second-order valence-electron chi connectivity index (χ2n) is 7.38. The molecule has 0 fully saturated rings. The predicted molar refractivity (Wildman–Crippen MR) is 131 cm³/mol. The lowest BCUT2D eigenvalue weighted by atomic mass is 10.0. The van der Waals surface area contributed by atoms with Crippen LogP contribution in [0.4, 0.5) is 0 Å². The standard InChI is InChI=1S/C24H33N5O6/c25-9-1-11-33-13-15-35-16-14-34-12-2-10-27-23(30)20-7-8-21(28-17-20)22(29-26)18-3-5-19(6-4-18)24(31)32/h3-8,17H,1-2,9-16,25-26H2,(H,27,30)(H,31,32)/b29-22+. The molecule has 0 spiro atoms. The van der Waals surface area contributed by atoms with Gasteiger partial charge in [-0.15, -0.1) is 0 Å². The van der Waals surface area contributed by atoms with Crippen molar-refractivity contribution in [2.75, 3.05) is 52.7 Å². The molecule has 0 atom stereocenters. The number of amides is 1. The Labute approximate surface area is 204 Å². The predicted octanol–water partition coefficient (Wildman–Crippen LogP) is 1.01. The SMILES string of the molecule is NCCCOCCOCCOCCCNC(=O)c1ccc(/C(=N/N)c2ccc(C(=O)O)cc2)nc1. The third kappa shape index (κ3) is 10.2. The van der Waals surface area contributed by atoms with Crippen molar-refractivity contribution in [1.82, 2.24) is 10.3 Å². The van der Waals surface area contributed by atoms with Crippen molar-refractivity contribution < 1.29 is 28.9 Å². The number of hydrogen-bond donors (Lipinski definition) is 4. The fraction of sp³-hybridized carbons (Fsp3) is 0.417. The third-order valence-corrected chi connectivity index (χ3v) is 4.79. The minimum Gasteiger partial charge on any atom is -0.478 e. The van der Waals surface area contributed by atoms with Crippen LogP contribution in [0.5, 0.6) is 0 Å². The van der Waals surface area contributed by atoms with Crippen molar-refractivity contribution in [3.8, 4) is 0 Å². The normalized spacial score (nSPS) is 11.4. The van der Waals surface area contributed by atoms with Crippen LogP contribution < -0.4 is 16.9 Å². The minimum absolute atomic E-state index is 0.156. The zero-order valence-corrected chi connectivity index (χ0v) is 19.7. The van der Waals surface area contributed by atoms with Crippen molar-refractivity contribution in [2.45, 2.75) is 12.8 Å². The smallest absolute Gasteiger partial charge is 0.335 e. The summed E-state index contributed by atoms with van der Waals surface area (Å²) in [5, 5.41) is 15.6. The summed E-state index contributed by atoms with van der Waals surface area (Å²) in [5.74, 6) is 4.25. The first-order valence-electron chi connectivity index (χ1n) is 11.4. The summed E-state index contributed by atoms with van der Waals surface area (Å²) >= 11 is 0. The summed E-state index contributed by atoms with van der Waals surface area (Å²) in [6.07, 6.45) is 2.95. The number of nitrogens with zero attached hydrogens (tertiary/aromatic N) is 2. The number of nitrogens with one attached hydrogen (secondary N) is 1. The monoisotopic (exact) mass is 487 g/mol. The first-order chi connectivity index (χ1) is 17.1. The van der Waals surface area contributed by atoms with Gasteiger partial charge in [0.05, 0.1) is 43.2 Å². The summed E-state index contributed by atoms with van der Waals surface area (Å²) in [4.78, 5) is 27.6. The molecule has 0 unspecified atom stereocenters. The number of rotatable bonds is 17. The molecule has 11 heteroatoms. The molecule has 2 rings (SSSR count). The van der Waals surface area contributed by atoms with Crippen molar-refractivity contribution in [2.24, 2.45) is 16.7 Å². The highest BCUT2D eigenvalue weighted by Crippen LogP contribution is 2.11. The van der Waals surface area contributed by atoms with E-state index in [1.165, 1.54) is 18.3 Å². The minimum atomic E-state index is -1.02. The van der Waals surface area contributed by atoms with Crippen molar-refractivity contribution >= 4 is 17.6 Å². The summed E-state index contributed by atoms with van der Waals surface area (Å²) in [7, 11) is 0. The van der Waals surface area contributed by atoms with Crippen LogP contribution in [0.1, 0.15) is 44.8 Å². The van der Waals surface area contributed by atoms with Gasteiger partial charge in [-0.25, -0.2) is 4.79 Å². The van der Waals surface area contributed by atoms with E-state index in [0.29, 0.717) is 81.7 Å². The quantitative estimate of drug-likeness (QED) is 0.110. The van der Waals surface area contributed by atoms with E-state index in [4.69, 9.17) is 30.9 Å². The van der Waals surface area contributed by atoms with Gasteiger partial charge in [0, 0.05) is 31.5 Å². The van der Waals surface area contributed by atoms with Gasteiger partial charge < -0.3 is 36.2 Å². The number of carbonyl (C=O) groups excluding carboxylic acids is 1. The topological polar surface area (TPSA) is 171 Å². The average molecular weight is 488 g/mol. The fourth-order valence-corrected chi connectivity index (χ4v) is 2.93. The molecule has 0 aliphatic rings. The van der Waals surface area contributed by atoms with Gasteiger partial charge in [-0.2, -0.15) is 5.10 Å². The number of carboxylic acid groups (broad SMARTS) is 1. The van der Waals surface area contributed by atoms with Crippen LogP contribution >= 0.6 is 0 Å². The molecule has 0 radical (unpaired) electrons. The Bertz CT molecular complexity index is 934. The highest BCUT2D eigenvalue weighted by molar-refractivity contribution is 6.12. The maximum atomic E-state index is 12.3. The van der Waals surface area contributed by atoms with Crippen molar-refractivity contribution in [3.05, 3.63) is 65.0 Å². The largest absolute Gasteiger partial charge is 0.478 e. The Balaban J connectivity index is 1.65. The van der Waals surface area contributed by atoms with Gasteiger partial charge in [-0.05, 0) is 43.7 Å². The van der Waals surface area contributed by atoms with E-state index in [2.05, 4.69) is 15.4 Å². The summed E-state index contributed by atoms with van der Waals surface area (Å²) in [5.41, 5.74) is 7.39.